The smallest absolute Gasteiger partial charge is 0.270 e. The van der Waals surface area contributed by atoms with Crippen molar-refractivity contribution in [2.45, 2.75) is 0 Å². The largest absolute Gasteiger partial charge is 0.378 e. The minimum atomic E-state index is -0.356. The van der Waals surface area contributed by atoms with Crippen molar-refractivity contribution in [3.05, 3.63) is 76.4 Å². The third-order valence-corrected chi connectivity index (χ3v) is 4.25. The molecule has 2 aromatic rings. The van der Waals surface area contributed by atoms with Crippen LogP contribution in [-0.2, 0) is 9.53 Å². The summed E-state index contributed by atoms with van der Waals surface area (Å²) in [5.74, 6) is -0.579. The lowest BCUT2D eigenvalue weighted by Crippen LogP contribution is -2.44. The summed E-state index contributed by atoms with van der Waals surface area (Å²) in [6, 6.07) is 15.9. The van der Waals surface area contributed by atoms with E-state index in [4.69, 9.17) is 16.3 Å². The first kappa shape index (κ1) is 18.2. The number of halogens is 1. The first-order valence-electron chi connectivity index (χ1n) is 8.34. The van der Waals surface area contributed by atoms with Crippen molar-refractivity contribution in [3.8, 4) is 0 Å². The van der Waals surface area contributed by atoms with Gasteiger partial charge >= 0.3 is 0 Å². The highest BCUT2D eigenvalue weighted by Crippen LogP contribution is 2.13. The molecule has 1 aliphatic rings. The number of nitrogens with one attached hydrogen (secondary N) is 1. The summed E-state index contributed by atoms with van der Waals surface area (Å²) >= 11 is 5.87. The molecule has 5 nitrogen and oxygen atoms in total. The number of nitrogens with zero attached hydrogens (tertiary/aromatic N) is 1. The van der Waals surface area contributed by atoms with Crippen LogP contribution >= 0.6 is 11.6 Å². The SMILES string of the molecule is O=C(NC(=Cc1ccccc1)C(=O)N1CCOCC1)c1ccc(Cl)cc1. The number of ether oxygens (including phenoxy) is 1. The van der Waals surface area contributed by atoms with Crippen molar-refractivity contribution in [2.24, 2.45) is 0 Å². The molecule has 0 atom stereocenters. The first-order valence-corrected chi connectivity index (χ1v) is 8.72. The Labute approximate surface area is 157 Å². The van der Waals surface area contributed by atoms with Gasteiger partial charge < -0.3 is 15.0 Å². The molecule has 1 N–H and O–H groups in total. The van der Waals surface area contributed by atoms with Gasteiger partial charge in [0.1, 0.15) is 5.70 Å². The molecule has 0 spiro atoms. The molecule has 1 saturated heterocycles. The van der Waals surface area contributed by atoms with Crippen LogP contribution in [0.2, 0.25) is 5.02 Å². The molecular weight excluding hydrogens is 352 g/mol. The van der Waals surface area contributed by atoms with Crippen molar-refractivity contribution in [3.63, 3.8) is 0 Å². The van der Waals surface area contributed by atoms with Crippen LogP contribution in [0.1, 0.15) is 15.9 Å². The molecule has 0 aliphatic carbocycles. The van der Waals surface area contributed by atoms with Gasteiger partial charge in [-0.25, -0.2) is 0 Å². The van der Waals surface area contributed by atoms with Gasteiger partial charge in [-0.1, -0.05) is 41.9 Å². The predicted octanol–water partition coefficient (Wildman–Crippen LogP) is 2.97. The predicted molar refractivity (Wildman–Crippen MR) is 101 cm³/mol. The van der Waals surface area contributed by atoms with Crippen LogP contribution in [0, 0.1) is 0 Å². The van der Waals surface area contributed by atoms with E-state index in [0.717, 1.165) is 5.56 Å². The Hall–Kier alpha value is -2.63. The van der Waals surface area contributed by atoms with Crippen LogP contribution in [0.3, 0.4) is 0 Å². The summed E-state index contributed by atoms with van der Waals surface area (Å²) in [4.78, 5) is 27.1. The number of carbonyl (C=O) groups is 2. The Morgan fingerprint density at radius 1 is 1.00 bits per heavy atom. The zero-order valence-electron chi connectivity index (χ0n) is 14.2. The zero-order valence-corrected chi connectivity index (χ0v) is 14.9. The Morgan fingerprint density at radius 2 is 1.65 bits per heavy atom. The van der Waals surface area contributed by atoms with Crippen molar-refractivity contribution in [1.29, 1.82) is 0 Å². The topological polar surface area (TPSA) is 58.6 Å². The van der Waals surface area contributed by atoms with Gasteiger partial charge in [-0.15, -0.1) is 0 Å². The molecule has 0 saturated carbocycles. The van der Waals surface area contributed by atoms with E-state index in [9.17, 15) is 9.59 Å². The highest BCUT2D eigenvalue weighted by Gasteiger charge is 2.22. The van der Waals surface area contributed by atoms with Crippen LogP contribution in [0.5, 0.6) is 0 Å². The van der Waals surface area contributed by atoms with Gasteiger partial charge in [-0.2, -0.15) is 0 Å². The van der Waals surface area contributed by atoms with Crippen molar-refractivity contribution >= 4 is 29.5 Å². The molecule has 3 rings (SSSR count). The van der Waals surface area contributed by atoms with Gasteiger partial charge in [-0.3, -0.25) is 9.59 Å². The fourth-order valence-electron chi connectivity index (χ4n) is 2.60. The molecule has 1 aliphatic heterocycles. The maximum atomic E-state index is 12.9. The van der Waals surface area contributed by atoms with E-state index < -0.39 is 0 Å². The number of carbonyl (C=O) groups excluding carboxylic acids is 2. The second-order valence-corrected chi connectivity index (χ2v) is 6.27. The van der Waals surface area contributed by atoms with E-state index in [-0.39, 0.29) is 17.5 Å². The number of morpholine rings is 1. The molecule has 26 heavy (non-hydrogen) atoms. The van der Waals surface area contributed by atoms with Crippen LogP contribution in [0.25, 0.3) is 6.08 Å². The van der Waals surface area contributed by atoms with Crippen molar-refractivity contribution in [2.75, 3.05) is 26.3 Å². The summed E-state index contributed by atoms with van der Waals surface area (Å²) in [5, 5.41) is 3.29. The fourth-order valence-corrected chi connectivity index (χ4v) is 2.73. The lowest BCUT2D eigenvalue weighted by molar-refractivity contribution is -0.131. The summed E-state index contributed by atoms with van der Waals surface area (Å²) in [6.45, 7) is 1.99. The Balaban J connectivity index is 1.84. The minimum Gasteiger partial charge on any atom is -0.378 e. The average molecular weight is 371 g/mol. The van der Waals surface area contributed by atoms with Crippen molar-refractivity contribution in [1.82, 2.24) is 10.2 Å². The summed E-state index contributed by atoms with van der Waals surface area (Å²) in [5.41, 5.74) is 1.50. The molecule has 0 unspecified atom stereocenters. The van der Waals surface area contributed by atoms with Crippen LogP contribution in [0.15, 0.2) is 60.3 Å². The normalized spacial score (nSPS) is 14.8. The number of rotatable bonds is 4. The van der Waals surface area contributed by atoms with Gasteiger partial charge in [0.15, 0.2) is 0 Å². The standard InChI is InChI=1S/C20H19ClN2O3/c21-17-8-6-16(7-9-17)19(24)22-18(14-15-4-2-1-3-5-15)20(25)23-10-12-26-13-11-23/h1-9,14H,10-13H2,(H,22,24). The minimum absolute atomic E-state index is 0.223. The zero-order chi connectivity index (χ0) is 18.4. The van der Waals surface area contributed by atoms with Gasteiger partial charge in [0.25, 0.3) is 11.8 Å². The van der Waals surface area contributed by atoms with E-state index >= 15 is 0 Å². The summed E-state index contributed by atoms with van der Waals surface area (Å²) in [6.07, 6.45) is 1.69. The summed E-state index contributed by atoms with van der Waals surface area (Å²) in [7, 11) is 0. The van der Waals surface area contributed by atoms with E-state index in [1.807, 2.05) is 30.3 Å². The van der Waals surface area contributed by atoms with E-state index in [2.05, 4.69) is 5.32 Å². The number of hydrogen-bond acceptors (Lipinski definition) is 3. The quantitative estimate of drug-likeness (QED) is 0.842. The molecule has 2 amide bonds. The van der Waals surface area contributed by atoms with Gasteiger partial charge in [0, 0.05) is 23.7 Å². The van der Waals surface area contributed by atoms with Crippen molar-refractivity contribution < 1.29 is 14.3 Å². The van der Waals surface area contributed by atoms with Crippen LogP contribution < -0.4 is 5.32 Å². The van der Waals surface area contributed by atoms with E-state index in [1.54, 1.807) is 35.2 Å². The molecule has 0 radical (unpaired) electrons. The van der Waals surface area contributed by atoms with E-state index in [1.165, 1.54) is 0 Å². The number of hydrogen-bond donors (Lipinski definition) is 1. The molecule has 0 bridgehead atoms. The second-order valence-electron chi connectivity index (χ2n) is 5.83. The van der Waals surface area contributed by atoms with Gasteiger partial charge in [0.05, 0.1) is 13.2 Å². The average Bonchev–Trinajstić information content (AvgIpc) is 2.69. The third-order valence-electron chi connectivity index (χ3n) is 3.99. The molecule has 1 heterocycles. The van der Waals surface area contributed by atoms with Crippen LogP contribution in [-0.4, -0.2) is 43.0 Å². The highest BCUT2D eigenvalue weighted by atomic mass is 35.5. The van der Waals surface area contributed by atoms with E-state index in [0.29, 0.717) is 36.9 Å². The molecular formula is C20H19ClN2O3. The number of amides is 2. The maximum Gasteiger partial charge on any atom is 0.270 e. The van der Waals surface area contributed by atoms with Crippen LogP contribution in [0.4, 0.5) is 0 Å². The lowest BCUT2D eigenvalue weighted by atomic mass is 10.1. The molecule has 134 valence electrons. The monoisotopic (exact) mass is 370 g/mol. The molecule has 0 aromatic heterocycles. The second kappa shape index (κ2) is 8.65. The lowest BCUT2D eigenvalue weighted by Gasteiger charge is -2.27. The number of benzene rings is 2. The van der Waals surface area contributed by atoms with Gasteiger partial charge in [0.2, 0.25) is 0 Å². The molecule has 2 aromatic carbocycles. The molecule has 1 fully saturated rings. The Morgan fingerprint density at radius 3 is 2.31 bits per heavy atom. The maximum absolute atomic E-state index is 12.9. The first-order chi connectivity index (χ1) is 12.6. The fraction of sp³-hybridized carbons (Fsp3) is 0.200. The van der Waals surface area contributed by atoms with Gasteiger partial charge in [-0.05, 0) is 35.9 Å². The third kappa shape index (κ3) is 4.71. The summed E-state index contributed by atoms with van der Waals surface area (Å²) < 4.78 is 5.30. The highest BCUT2D eigenvalue weighted by molar-refractivity contribution is 6.30. The Kier molecular flexibility index (Phi) is 6.04. The Bertz CT molecular complexity index is 798. The molecule has 6 heteroatoms.